The molecule has 4 heterocycles. The lowest BCUT2D eigenvalue weighted by molar-refractivity contribution is 0.194. The molecule has 4 rings (SSSR count). The topological polar surface area (TPSA) is 33.1 Å². The van der Waals surface area contributed by atoms with Crippen molar-refractivity contribution in [2.45, 2.75) is 25.8 Å². The zero-order valence-electron chi connectivity index (χ0n) is 13.2. The molecular formula is C17H24N4S. The summed E-state index contributed by atoms with van der Waals surface area (Å²) in [6.07, 6.45) is 6.24. The Morgan fingerprint density at radius 1 is 1.32 bits per heavy atom. The first-order valence-corrected chi connectivity index (χ1v) is 9.12. The minimum atomic E-state index is 0.580. The Labute approximate surface area is 136 Å². The zero-order valence-corrected chi connectivity index (χ0v) is 14.0. The minimum Gasteiger partial charge on any atom is -0.317 e. The van der Waals surface area contributed by atoms with Crippen LogP contribution in [0, 0.1) is 5.41 Å². The quantitative estimate of drug-likeness (QED) is 0.945. The van der Waals surface area contributed by atoms with Gasteiger partial charge in [-0.3, -0.25) is 9.58 Å². The third-order valence-electron chi connectivity index (χ3n) is 5.23. The molecule has 0 saturated carbocycles. The van der Waals surface area contributed by atoms with E-state index in [9.17, 15) is 0 Å². The maximum absolute atomic E-state index is 4.69. The predicted octanol–water partition coefficient (Wildman–Crippen LogP) is 2.72. The van der Waals surface area contributed by atoms with Gasteiger partial charge in [0.15, 0.2) is 0 Å². The standard InChI is InChI=1S/C17H24N4S/c1-20-11-14(16(19-20)15-3-2-10-22-15)12-21-9-6-17(13-21)4-7-18-8-5-17/h2-3,10-11,18H,4-9,12-13H2,1H3. The van der Waals surface area contributed by atoms with Crippen molar-refractivity contribution >= 4 is 11.3 Å². The summed E-state index contributed by atoms with van der Waals surface area (Å²) < 4.78 is 1.96. The van der Waals surface area contributed by atoms with Crippen LogP contribution in [0.1, 0.15) is 24.8 Å². The molecule has 0 amide bonds. The van der Waals surface area contributed by atoms with Gasteiger partial charge in [-0.2, -0.15) is 5.10 Å². The van der Waals surface area contributed by atoms with E-state index in [1.807, 2.05) is 11.7 Å². The number of hydrogen-bond acceptors (Lipinski definition) is 4. The molecule has 4 nitrogen and oxygen atoms in total. The second-order valence-corrected chi connectivity index (χ2v) is 7.81. The monoisotopic (exact) mass is 316 g/mol. The molecule has 0 radical (unpaired) electrons. The summed E-state index contributed by atoms with van der Waals surface area (Å²) in [5.41, 5.74) is 3.12. The largest absolute Gasteiger partial charge is 0.317 e. The number of likely N-dealkylation sites (tertiary alicyclic amines) is 1. The van der Waals surface area contributed by atoms with Crippen LogP contribution in [0.4, 0.5) is 0 Å². The second kappa shape index (κ2) is 5.80. The summed E-state index contributed by atoms with van der Waals surface area (Å²) in [6.45, 7) is 5.92. The molecule has 0 unspecified atom stereocenters. The van der Waals surface area contributed by atoms with E-state index < -0.39 is 0 Å². The Bertz CT molecular complexity index is 625. The van der Waals surface area contributed by atoms with Gasteiger partial charge in [0.1, 0.15) is 5.69 Å². The minimum absolute atomic E-state index is 0.580. The number of piperidine rings is 1. The van der Waals surface area contributed by atoms with Crippen LogP contribution in [-0.4, -0.2) is 40.9 Å². The first kappa shape index (κ1) is 14.4. The highest BCUT2D eigenvalue weighted by Crippen LogP contribution is 2.39. The highest BCUT2D eigenvalue weighted by atomic mass is 32.1. The number of nitrogens with one attached hydrogen (secondary N) is 1. The second-order valence-electron chi connectivity index (χ2n) is 6.86. The van der Waals surface area contributed by atoms with E-state index in [0.717, 1.165) is 6.54 Å². The number of aryl methyl sites for hydroxylation is 1. The molecule has 2 fully saturated rings. The first-order chi connectivity index (χ1) is 10.7. The van der Waals surface area contributed by atoms with Crippen molar-refractivity contribution in [3.8, 4) is 10.6 Å². The number of rotatable bonds is 3. The smallest absolute Gasteiger partial charge is 0.107 e. The highest BCUT2D eigenvalue weighted by molar-refractivity contribution is 7.13. The number of aromatic nitrogens is 2. The van der Waals surface area contributed by atoms with Gasteiger partial charge in [-0.05, 0) is 55.8 Å². The fourth-order valence-corrected chi connectivity index (χ4v) is 4.79. The Balaban J connectivity index is 1.50. The Morgan fingerprint density at radius 2 is 2.18 bits per heavy atom. The molecule has 0 atom stereocenters. The third-order valence-corrected chi connectivity index (χ3v) is 6.11. The molecule has 22 heavy (non-hydrogen) atoms. The van der Waals surface area contributed by atoms with Crippen LogP contribution in [0.15, 0.2) is 23.7 Å². The summed E-state index contributed by atoms with van der Waals surface area (Å²) in [5, 5.41) is 10.3. The molecule has 1 spiro atoms. The maximum atomic E-state index is 4.69. The Kier molecular flexibility index (Phi) is 3.80. The summed E-state index contributed by atoms with van der Waals surface area (Å²) in [4.78, 5) is 3.92. The van der Waals surface area contributed by atoms with E-state index >= 15 is 0 Å². The van der Waals surface area contributed by atoms with E-state index in [-0.39, 0.29) is 0 Å². The maximum Gasteiger partial charge on any atom is 0.107 e. The molecule has 2 aliphatic heterocycles. The van der Waals surface area contributed by atoms with Gasteiger partial charge in [0.05, 0.1) is 4.88 Å². The van der Waals surface area contributed by atoms with Crippen molar-refractivity contribution in [1.82, 2.24) is 20.0 Å². The highest BCUT2D eigenvalue weighted by Gasteiger charge is 2.38. The predicted molar refractivity (Wildman–Crippen MR) is 91.0 cm³/mol. The van der Waals surface area contributed by atoms with Crippen LogP contribution < -0.4 is 5.32 Å². The van der Waals surface area contributed by atoms with Gasteiger partial charge >= 0.3 is 0 Å². The van der Waals surface area contributed by atoms with Crippen LogP contribution in [0.3, 0.4) is 0 Å². The van der Waals surface area contributed by atoms with Gasteiger partial charge in [0, 0.05) is 31.9 Å². The summed E-state index contributed by atoms with van der Waals surface area (Å²) in [7, 11) is 2.03. The third kappa shape index (κ3) is 2.73. The molecule has 2 aromatic heterocycles. The van der Waals surface area contributed by atoms with E-state index in [1.165, 1.54) is 61.6 Å². The van der Waals surface area contributed by atoms with E-state index in [2.05, 4.69) is 39.0 Å². The number of thiophene rings is 1. The van der Waals surface area contributed by atoms with Crippen molar-refractivity contribution in [2.24, 2.45) is 12.5 Å². The lowest BCUT2D eigenvalue weighted by Gasteiger charge is -2.33. The lowest BCUT2D eigenvalue weighted by atomic mass is 9.78. The Morgan fingerprint density at radius 3 is 2.95 bits per heavy atom. The average molecular weight is 316 g/mol. The summed E-state index contributed by atoms with van der Waals surface area (Å²) >= 11 is 1.78. The van der Waals surface area contributed by atoms with E-state index in [0.29, 0.717) is 5.41 Å². The van der Waals surface area contributed by atoms with Gasteiger partial charge in [-0.15, -0.1) is 11.3 Å². The molecule has 2 aliphatic rings. The fraction of sp³-hybridized carbons (Fsp3) is 0.588. The zero-order chi connectivity index (χ0) is 15.0. The molecule has 118 valence electrons. The molecule has 2 aromatic rings. The normalized spacial score (nSPS) is 21.7. The van der Waals surface area contributed by atoms with E-state index in [4.69, 9.17) is 0 Å². The lowest BCUT2D eigenvalue weighted by Crippen LogP contribution is -2.38. The Hall–Kier alpha value is -1.17. The number of nitrogens with zero attached hydrogens (tertiary/aromatic N) is 3. The first-order valence-electron chi connectivity index (χ1n) is 8.24. The van der Waals surface area contributed by atoms with Gasteiger partial charge < -0.3 is 5.32 Å². The number of hydrogen-bond donors (Lipinski definition) is 1. The van der Waals surface area contributed by atoms with Gasteiger partial charge in [0.25, 0.3) is 0 Å². The van der Waals surface area contributed by atoms with Crippen LogP contribution in [0.25, 0.3) is 10.6 Å². The van der Waals surface area contributed by atoms with Crippen molar-refractivity contribution in [1.29, 1.82) is 0 Å². The van der Waals surface area contributed by atoms with Crippen molar-refractivity contribution < 1.29 is 0 Å². The van der Waals surface area contributed by atoms with Crippen molar-refractivity contribution in [3.05, 3.63) is 29.3 Å². The van der Waals surface area contributed by atoms with Crippen LogP contribution in [-0.2, 0) is 13.6 Å². The average Bonchev–Trinajstić information content (AvgIpc) is 3.22. The SMILES string of the molecule is Cn1cc(CN2CCC3(CCNCC3)C2)c(-c2cccs2)n1. The molecular weight excluding hydrogens is 292 g/mol. The van der Waals surface area contributed by atoms with Crippen molar-refractivity contribution in [3.63, 3.8) is 0 Å². The fourth-order valence-electron chi connectivity index (χ4n) is 4.04. The van der Waals surface area contributed by atoms with E-state index in [1.54, 1.807) is 11.3 Å². The molecule has 2 saturated heterocycles. The van der Waals surface area contributed by atoms with Crippen LogP contribution >= 0.6 is 11.3 Å². The van der Waals surface area contributed by atoms with Crippen LogP contribution in [0.5, 0.6) is 0 Å². The van der Waals surface area contributed by atoms with Gasteiger partial charge in [0.2, 0.25) is 0 Å². The molecule has 0 aliphatic carbocycles. The van der Waals surface area contributed by atoms with Crippen molar-refractivity contribution in [2.75, 3.05) is 26.2 Å². The summed E-state index contributed by atoms with van der Waals surface area (Å²) in [5.74, 6) is 0. The van der Waals surface area contributed by atoms with Crippen LogP contribution in [0.2, 0.25) is 0 Å². The molecule has 0 bridgehead atoms. The molecule has 0 aromatic carbocycles. The van der Waals surface area contributed by atoms with Gasteiger partial charge in [-0.25, -0.2) is 0 Å². The summed E-state index contributed by atoms with van der Waals surface area (Å²) in [6, 6.07) is 4.28. The molecule has 5 heteroatoms. The van der Waals surface area contributed by atoms with Gasteiger partial charge in [-0.1, -0.05) is 6.07 Å². The molecule has 1 N–H and O–H groups in total.